The molecule has 2 rings (SSSR count). The lowest BCUT2D eigenvalue weighted by Gasteiger charge is -2.60. The Labute approximate surface area is 62.4 Å². The van der Waals surface area contributed by atoms with Gasteiger partial charge in [0, 0.05) is 6.61 Å². The van der Waals surface area contributed by atoms with Crippen molar-refractivity contribution >= 4 is 0 Å². The summed E-state index contributed by atoms with van der Waals surface area (Å²) in [5.74, 6) is 1.56. The maximum Gasteiger partial charge on any atom is 0.0464 e. The van der Waals surface area contributed by atoms with E-state index in [2.05, 4.69) is 6.92 Å². The van der Waals surface area contributed by atoms with Gasteiger partial charge in [-0.1, -0.05) is 13.3 Å². The van der Waals surface area contributed by atoms with Crippen molar-refractivity contribution in [2.45, 2.75) is 32.6 Å². The molecule has 10 heavy (non-hydrogen) atoms. The van der Waals surface area contributed by atoms with Crippen LogP contribution in [0.2, 0.25) is 0 Å². The van der Waals surface area contributed by atoms with Gasteiger partial charge >= 0.3 is 0 Å². The van der Waals surface area contributed by atoms with Gasteiger partial charge in [0.2, 0.25) is 0 Å². The Bertz CT molecular complexity index is 138. The van der Waals surface area contributed by atoms with E-state index in [0.29, 0.717) is 17.9 Å². The highest BCUT2D eigenvalue weighted by atomic mass is 16.3. The van der Waals surface area contributed by atoms with Crippen molar-refractivity contribution in [3.05, 3.63) is 0 Å². The normalized spacial score (nSPS) is 42.6. The van der Waals surface area contributed by atoms with Crippen molar-refractivity contribution in [1.82, 2.24) is 0 Å². The number of aliphatic hydroxyl groups excluding tert-OH is 1. The van der Waals surface area contributed by atoms with Gasteiger partial charge in [-0.2, -0.15) is 0 Å². The SMILES string of the molecule is CC1CC(CO)C12CCC2. The first-order chi connectivity index (χ1) is 4.79. The molecule has 1 N–H and O–H groups in total. The molecule has 2 atom stereocenters. The predicted molar refractivity (Wildman–Crippen MR) is 40.6 cm³/mol. The fraction of sp³-hybridized carbons (Fsp3) is 1.00. The van der Waals surface area contributed by atoms with Crippen LogP contribution in [0.5, 0.6) is 0 Å². The largest absolute Gasteiger partial charge is 0.396 e. The van der Waals surface area contributed by atoms with E-state index in [1.54, 1.807) is 0 Å². The highest BCUT2D eigenvalue weighted by Crippen LogP contribution is 2.62. The summed E-state index contributed by atoms with van der Waals surface area (Å²) >= 11 is 0. The Morgan fingerprint density at radius 1 is 1.50 bits per heavy atom. The number of aliphatic hydroxyl groups is 1. The van der Waals surface area contributed by atoms with Gasteiger partial charge in [0.25, 0.3) is 0 Å². The highest BCUT2D eigenvalue weighted by molar-refractivity contribution is 5.04. The molecule has 2 aliphatic carbocycles. The third-order valence-corrected chi connectivity index (χ3v) is 3.94. The topological polar surface area (TPSA) is 20.2 Å². The van der Waals surface area contributed by atoms with E-state index in [1.165, 1.54) is 25.7 Å². The molecule has 0 heterocycles. The molecule has 2 fully saturated rings. The fourth-order valence-electron chi connectivity index (χ4n) is 2.88. The van der Waals surface area contributed by atoms with Crippen LogP contribution in [-0.4, -0.2) is 11.7 Å². The number of hydrogen-bond acceptors (Lipinski definition) is 1. The Balaban J connectivity index is 2.03. The second kappa shape index (κ2) is 1.97. The van der Waals surface area contributed by atoms with Crippen LogP contribution in [0.15, 0.2) is 0 Å². The minimum absolute atomic E-state index is 0.435. The van der Waals surface area contributed by atoms with Gasteiger partial charge < -0.3 is 5.11 Å². The monoisotopic (exact) mass is 140 g/mol. The van der Waals surface area contributed by atoms with E-state index < -0.39 is 0 Å². The molecule has 0 radical (unpaired) electrons. The Morgan fingerprint density at radius 2 is 2.20 bits per heavy atom. The molecule has 0 saturated heterocycles. The highest BCUT2D eigenvalue weighted by Gasteiger charge is 2.55. The third-order valence-electron chi connectivity index (χ3n) is 3.94. The van der Waals surface area contributed by atoms with Gasteiger partial charge in [0.1, 0.15) is 0 Å². The quantitative estimate of drug-likeness (QED) is 0.589. The molecule has 0 aromatic rings. The molecule has 58 valence electrons. The predicted octanol–water partition coefficient (Wildman–Crippen LogP) is 1.80. The van der Waals surface area contributed by atoms with E-state index in [4.69, 9.17) is 5.11 Å². The summed E-state index contributed by atoms with van der Waals surface area (Å²) in [4.78, 5) is 0. The van der Waals surface area contributed by atoms with Gasteiger partial charge in [-0.05, 0) is 36.5 Å². The Kier molecular flexibility index (Phi) is 1.31. The lowest BCUT2D eigenvalue weighted by molar-refractivity contribution is -0.128. The van der Waals surface area contributed by atoms with Crippen LogP contribution in [0.1, 0.15) is 32.6 Å². The van der Waals surface area contributed by atoms with Crippen LogP contribution >= 0.6 is 0 Å². The first-order valence-corrected chi connectivity index (χ1v) is 4.40. The molecule has 0 aliphatic heterocycles. The van der Waals surface area contributed by atoms with Gasteiger partial charge in [-0.15, -0.1) is 0 Å². The van der Waals surface area contributed by atoms with E-state index in [9.17, 15) is 0 Å². The minimum atomic E-state index is 0.435. The number of hydrogen-bond donors (Lipinski definition) is 1. The summed E-state index contributed by atoms with van der Waals surface area (Å²) in [7, 11) is 0. The Hall–Kier alpha value is -0.0400. The van der Waals surface area contributed by atoms with Gasteiger partial charge in [0.15, 0.2) is 0 Å². The summed E-state index contributed by atoms with van der Waals surface area (Å²) in [6, 6.07) is 0. The number of rotatable bonds is 1. The van der Waals surface area contributed by atoms with E-state index in [1.807, 2.05) is 0 Å². The first-order valence-electron chi connectivity index (χ1n) is 4.40. The zero-order valence-corrected chi connectivity index (χ0v) is 6.64. The second-order valence-electron chi connectivity index (χ2n) is 4.10. The molecular weight excluding hydrogens is 124 g/mol. The summed E-state index contributed by atoms with van der Waals surface area (Å²) in [5.41, 5.74) is 0.620. The minimum Gasteiger partial charge on any atom is -0.396 e. The lowest BCUT2D eigenvalue weighted by Crippen LogP contribution is -2.53. The zero-order chi connectivity index (χ0) is 7.19. The second-order valence-corrected chi connectivity index (χ2v) is 4.10. The Morgan fingerprint density at radius 3 is 2.40 bits per heavy atom. The molecule has 0 bridgehead atoms. The van der Waals surface area contributed by atoms with Crippen LogP contribution in [-0.2, 0) is 0 Å². The standard InChI is InChI=1S/C9H16O/c1-7-5-8(6-10)9(7)3-2-4-9/h7-8,10H,2-6H2,1H3. The average molecular weight is 140 g/mol. The van der Waals surface area contributed by atoms with Gasteiger partial charge in [-0.25, -0.2) is 0 Å². The molecule has 1 spiro atoms. The van der Waals surface area contributed by atoms with E-state index in [-0.39, 0.29) is 0 Å². The van der Waals surface area contributed by atoms with Crippen molar-refractivity contribution in [1.29, 1.82) is 0 Å². The molecular formula is C9H16O. The summed E-state index contributed by atoms with van der Waals surface area (Å²) in [5, 5.41) is 9.00. The molecule has 1 heteroatoms. The molecule has 2 aliphatic rings. The smallest absolute Gasteiger partial charge is 0.0464 e. The van der Waals surface area contributed by atoms with Crippen LogP contribution in [0, 0.1) is 17.3 Å². The van der Waals surface area contributed by atoms with Crippen molar-refractivity contribution in [2.24, 2.45) is 17.3 Å². The van der Waals surface area contributed by atoms with Crippen LogP contribution < -0.4 is 0 Å². The van der Waals surface area contributed by atoms with Crippen molar-refractivity contribution in [2.75, 3.05) is 6.61 Å². The summed E-state index contributed by atoms with van der Waals surface area (Å²) in [6.45, 7) is 2.77. The van der Waals surface area contributed by atoms with Crippen molar-refractivity contribution in [3.63, 3.8) is 0 Å². The summed E-state index contributed by atoms with van der Waals surface area (Å²) < 4.78 is 0. The van der Waals surface area contributed by atoms with Gasteiger partial charge in [0.05, 0.1) is 0 Å². The average Bonchev–Trinajstić information content (AvgIpc) is 1.78. The van der Waals surface area contributed by atoms with Crippen molar-refractivity contribution < 1.29 is 5.11 Å². The molecule has 2 unspecified atom stereocenters. The third kappa shape index (κ3) is 0.572. The molecule has 2 saturated carbocycles. The molecule has 1 nitrogen and oxygen atoms in total. The lowest BCUT2D eigenvalue weighted by atomic mass is 9.45. The maximum atomic E-state index is 9.00. The van der Waals surface area contributed by atoms with Crippen LogP contribution in [0.25, 0.3) is 0 Å². The molecule has 0 aromatic carbocycles. The van der Waals surface area contributed by atoms with Crippen LogP contribution in [0.4, 0.5) is 0 Å². The maximum absolute atomic E-state index is 9.00. The van der Waals surface area contributed by atoms with Gasteiger partial charge in [-0.3, -0.25) is 0 Å². The zero-order valence-electron chi connectivity index (χ0n) is 6.64. The van der Waals surface area contributed by atoms with E-state index >= 15 is 0 Å². The fourth-order valence-corrected chi connectivity index (χ4v) is 2.88. The molecule has 0 amide bonds. The molecule has 0 aromatic heterocycles. The van der Waals surface area contributed by atoms with E-state index in [0.717, 1.165) is 5.92 Å². The first kappa shape index (κ1) is 6.66. The van der Waals surface area contributed by atoms with Crippen LogP contribution in [0.3, 0.4) is 0 Å². The summed E-state index contributed by atoms with van der Waals surface area (Å²) in [6.07, 6.45) is 5.45. The van der Waals surface area contributed by atoms with Crippen molar-refractivity contribution in [3.8, 4) is 0 Å².